The van der Waals surface area contributed by atoms with Crippen LogP contribution in [0.15, 0.2) is 114 Å². The van der Waals surface area contributed by atoms with Gasteiger partial charge in [0.2, 0.25) is 0 Å². The van der Waals surface area contributed by atoms with Gasteiger partial charge in [0.25, 0.3) is 5.91 Å². The first kappa shape index (κ1) is 22.6. The van der Waals surface area contributed by atoms with E-state index in [0.717, 1.165) is 22.6 Å². The minimum Gasteiger partial charge on any atom is -0.489 e. The van der Waals surface area contributed by atoms with Gasteiger partial charge < -0.3 is 14.2 Å². The highest BCUT2D eigenvalue weighted by molar-refractivity contribution is 5.83. The Bertz CT molecular complexity index is 1210. The van der Waals surface area contributed by atoms with E-state index in [0.29, 0.717) is 18.1 Å². The van der Waals surface area contributed by atoms with Crippen molar-refractivity contribution in [1.29, 1.82) is 0 Å². The fourth-order valence-electron chi connectivity index (χ4n) is 3.02. The number of hydrazone groups is 1. The number of rotatable bonds is 10. The Morgan fingerprint density at radius 1 is 0.706 bits per heavy atom. The van der Waals surface area contributed by atoms with Gasteiger partial charge in [0.15, 0.2) is 6.61 Å². The van der Waals surface area contributed by atoms with Gasteiger partial charge >= 0.3 is 0 Å². The minimum atomic E-state index is -0.364. The first-order chi connectivity index (χ1) is 16.7. The highest BCUT2D eigenvalue weighted by Crippen LogP contribution is 2.21. The van der Waals surface area contributed by atoms with Crippen LogP contribution in [0.4, 0.5) is 0 Å². The second-order valence-corrected chi connectivity index (χ2v) is 7.32. The van der Waals surface area contributed by atoms with Gasteiger partial charge in [0, 0.05) is 0 Å². The van der Waals surface area contributed by atoms with E-state index in [2.05, 4.69) is 10.5 Å². The van der Waals surface area contributed by atoms with Crippen LogP contribution in [0, 0.1) is 0 Å². The number of nitrogens with one attached hydrogen (secondary N) is 1. The standard InChI is InChI=1S/C28H24N2O4/c31-28(21-33-25-16-14-24(15-17-25)32-20-22-8-3-1-4-9-22)30-29-19-23-10-7-13-27(18-23)34-26-11-5-2-6-12-26/h1-19H,20-21H2,(H,30,31)/b29-19-. The Morgan fingerprint density at radius 3 is 2.09 bits per heavy atom. The lowest BCUT2D eigenvalue weighted by molar-refractivity contribution is -0.123. The predicted octanol–water partition coefficient (Wildman–Crippen LogP) is 5.59. The van der Waals surface area contributed by atoms with Crippen molar-refractivity contribution < 1.29 is 19.0 Å². The molecule has 0 aliphatic rings. The highest BCUT2D eigenvalue weighted by atomic mass is 16.5. The van der Waals surface area contributed by atoms with Crippen LogP contribution in [-0.4, -0.2) is 18.7 Å². The Labute approximate surface area is 198 Å². The molecule has 0 bridgehead atoms. The van der Waals surface area contributed by atoms with Crippen molar-refractivity contribution in [2.45, 2.75) is 6.61 Å². The summed E-state index contributed by atoms with van der Waals surface area (Å²) in [6, 6.07) is 34.0. The molecular formula is C28H24N2O4. The zero-order chi connectivity index (χ0) is 23.4. The van der Waals surface area contributed by atoms with Crippen molar-refractivity contribution in [3.63, 3.8) is 0 Å². The van der Waals surface area contributed by atoms with E-state index in [1.807, 2.05) is 84.9 Å². The number of ether oxygens (including phenoxy) is 3. The Kier molecular flexibility index (Phi) is 7.90. The summed E-state index contributed by atoms with van der Waals surface area (Å²) in [6.07, 6.45) is 1.55. The summed E-state index contributed by atoms with van der Waals surface area (Å²) < 4.78 is 17.1. The average molecular weight is 453 g/mol. The topological polar surface area (TPSA) is 69.2 Å². The molecule has 0 heterocycles. The third kappa shape index (κ3) is 7.24. The number of hydrogen-bond acceptors (Lipinski definition) is 5. The van der Waals surface area contributed by atoms with E-state index in [9.17, 15) is 4.79 Å². The van der Waals surface area contributed by atoms with E-state index >= 15 is 0 Å². The zero-order valence-electron chi connectivity index (χ0n) is 18.5. The Morgan fingerprint density at radius 2 is 1.35 bits per heavy atom. The molecule has 0 aliphatic carbocycles. The van der Waals surface area contributed by atoms with Crippen molar-refractivity contribution in [2.75, 3.05) is 6.61 Å². The van der Waals surface area contributed by atoms with Crippen molar-refractivity contribution >= 4 is 12.1 Å². The molecule has 0 atom stereocenters. The second kappa shape index (κ2) is 11.9. The number of benzene rings is 4. The van der Waals surface area contributed by atoms with Crippen LogP contribution in [0.2, 0.25) is 0 Å². The molecule has 0 unspecified atom stereocenters. The molecule has 34 heavy (non-hydrogen) atoms. The molecule has 4 rings (SSSR count). The highest BCUT2D eigenvalue weighted by Gasteiger charge is 2.03. The number of amides is 1. The molecule has 0 saturated heterocycles. The molecule has 6 heteroatoms. The average Bonchev–Trinajstić information content (AvgIpc) is 2.88. The molecule has 1 amide bonds. The normalized spacial score (nSPS) is 10.6. The number of para-hydroxylation sites is 1. The fourth-order valence-corrected chi connectivity index (χ4v) is 3.02. The zero-order valence-corrected chi connectivity index (χ0v) is 18.5. The van der Waals surface area contributed by atoms with Gasteiger partial charge in [-0.05, 0) is 59.7 Å². The van der Waals surface area contributed by atoms with Crippen molar-refractivity contribution in [3.05, 3.63) is 120 Å². The molecule has 0 saturated carbocycles. The summed E-state index contributed by atoms with van der Waals surface area (Å²) in [5, 5.41) is 3.99. The SMILES string of the molecule is O=C(COc1ccc(OCc2ccccc2)cc1)N/N=C\c1cccc(Oc2ccccc2)c1. The summed E-state index contributed by atoms with van der Waals surface area (Å²) in [4.78, 5) is 12.0. The summed E-state index contributed by atoms with van der Waals surface area (Å²) in [5.41, 5.74) is 4.35. The maximum atomic E-state index is 12.0. The maximum absolute atomic E-state index is 12.0. The van der Waals surface area contributed by atoms with E-state index in [1.54, 1.807) is 30.5 Å². The van der Waals surface area contributed by atoms with Gasteiger partial charge in [-0.25, -0.2) is 5.43 Å². The van der Waals surface area contributed by atoms with Crippen molar-refractivity contribution in [3.8, 4) is 23.0 Å². The van der Waals surface area contributed by atoms with Gasteiger partial charge in [-0.1, -0.05) is 60.7 Å². The van der Waals surface area contributed by atoms with Gasteiger partial charge in [-0.2, -0.15) is 5.10 Å². The minimum absolute atomic E-state index is 0.154. The van der Waals surface area contributed by atoms with Crippen LogP contribution < -0.4 is 19.6 Å². The van der Waals surface area contributed by atoms with Crippen molar-refractivity contribution in [2.24, 2.45) is 5.10 Å². The summed E-state index contributed by atoms with van der Waals surface area (Å²) >= 11 is 0. The molecule has 0 radical (unpaired) electrons. The third-order valence-corrected chi connectivity index (χ3v) is 4.68. The lowest BCUT2D eigenvalue weighted by atomic mass is 10.2. The summed E-state index contributed by atoms with van der Waals surface area (Å²) in [5.74, 6) is 2.36. The molecule has 0 fully saturated rings. The monoisotopic (exact) mass is 452 g/mol. The quantitative estimate of drug-likeness (QED) is 0.252. The number of hydrogen-bond donors (Lipinski definition) is 1. The summed E-state index contributed by atoms with van der Waals surface area (Å²) in [7, 11) is 0. The van der Waals surface area contributed by atoms with Crippen LogP contribution >= 0.6 is 0 Å². The lowest BCUT2D eigenvalue weighted by Gasteiger charge is -2.08. The van der Waals surface area contributed by atoms with Gasteiger partial charge in [-0.15, -0.1) is 0 Å². The van der Waals surface area contributed by atoms with E-state index in [1.165, 1.54) is 0 Å². The third-order valence-electron chi connectivity index (χ3n) is 4.68. The number of nitrogens with zero attached hydrogens (tertiary/aromatic N) is 1. The Hall–Kier alpha value is -4.58. The first-order valence-electron chi connectivity index (χ1n) is 10.8. The molecule has 4 aromatic carbocycles. The smallest absolute Gasteiger partial charge is 0.277 e. The van der Waals surface area contributed by atoms with Crippen LogP contribution in [0.3, 0.4) is 0 Å². The van der Waals surface area contributed by atoms with Crippen LogP contribution in [-0.2, 0) is 11.4 Å². The number of carbonyl (C=O) groups excluding carboxylic acids is 1. The fraction of sp³-hybridized carbons (Fsp3) is 0.0714. The van der Waals surface area contributed by atoms with Gasteiger partial charge in [0.1, 0.15) is 29.6 Å². The van der Waals surface area contributed by atoms with Gasteiger partial charge in [-0.3, -0.25) is 4.79 Å². The molecule has 0 aromatic heterocycles. The summed E-state index contributed by atoms with van der Waals surface area (Å²) in [6.45, 7) is 0.335. The first-order valence-corrected chi connectivity index (χ1v) is 10.8. The lowest BCUT2D eigenvalue weighted by Crippen LogP contribution is -2.24. The Balaban J connectivity index is 1.20. The molecule has 4 aromatic rings. The second-order valence-electron chi connectivity index (χ2n) is 7.32. The van der Waals surface area contributed by atoms with E-state index in [-0.39, 0.29) is 12.5 Å². The van der Waals surface area contributed by atoms with Crippen molar-refractivity contribution in [1.82, 2.24) is 5.43 Å². The molecule has 1 N–H and O–H groups in total. The van der Waals surface area contributed by atoms with Crippen LogP contribution in [0.25, 0.3) is 0 Å². The van der Waals surface area contributed by atoms with Gasteiger partial charge in [0.05, 0.1) is 6.21 Å². The predicted molar refractivity (Wildman–Crippen MR) is 131 cm³/mol. The van der Waals surface area contributed by atoms with Crippen LogP contribution in [0.5, 0.6) is 23.0 Å². The molecular weight excluding hydrogens is 428 g/mol. The van der Waals surface area contributed by atoms with E-state index in [4.69, 9.17) is 14.2 Å². The molecule has 0 aliphatic heterocycles. The largest absolute Gasteiger partial charge is 0.489 e. The molecule has 0 spiro atoms. The molecule has 6 nitrogen and oxygen atoms in total. The molecule has 170 valence electrons. The van der Waals surface area contributed by atoms with E-state index < -0.39 is 0 Å². The maximum Gasteiger partial charge on any atom is 0.277 e. The number of carbonyl (C=O) groups is 1. The van der Waals surface area contributed by atoms with Crippen LogP contribution in [0.1, 0.15) is 11.1 Å².